The number of carbonyl (C=O) groups is 2. The Kier molecular flexibility index (Phi) is 5.29. The average Bonchev–Trinajstić information content (AvgIpc) is 3.06. The molecule has 0 spiro atoms. The van der Waals surface area contributed by atoms with Crippen LogP contribution in [0, 0.1) is 19.8 Å². The second-order valence-corrected chi connectivity index (χ2v) is 9.07. The van der Waals surface area contributed by atoms with Gasteiger partial charge in [0.05, 0.1) is 0 Å². The topological polar surface area (TPSA) is 59.1 Å². The highest BCUT2D eigenvalue weighted by molar-refractivity contribution is 6.00. The van der Waals surface area contributed by atoms with Crippen molar-refractivity contribution in [2.24, 2.45) is 5.92 Å². The molecule has 29 heavy (non-hydrogen) atoms. The molecule has 7 nitrogen and oxygen atoms in total. The monoisotopic (exact) mass is 399 g/mol. The smallest absolute Gasteiger partial charge is 0.327 e. The summed E-state index contributed by atoms with van der Waals surface area (Å²) in [5.41, 5.74) is 3.67. The molecule has 0 saturated carbocycles. The van der Waals surface area contributed by atoms with Crippen LogP contribution < -0.4 is 10.2 Å². The van der Waals surface area contributed by atoms with E-state index in [4.69, 9.17) is 0 Å². The number of aryl methyl sites for hydroxylation is 2. The van der Waals surface area contributed by atoms with Crippen LogP contribution in [0.3, 0.4) is 0 Å². The van der Waals surface area contributed by atoms with Crippen molar-refractivity contribution in [1.82, 2.24) is 20.0 Å². The summed E-state index contributed by atoms with van der Waals surface area (Å²) in [5.74, 6) is 0.388. The molecule has 1 N–H and O–H groups in total. The fourth-order valence-corrected chi connectivity index (χ4v) is 4.89. The molecule has 3 amide bonds. The predicted molar refractivity (Wildman–Crippen MR) is 113 cm³/mol. The summed E-state index contributed by atoms with van der Waals surface area (Å²) in [5, 5.41) is 3.59. The minimum atomic E-state index is -0.330. The number of benzene rings is 1. The third-order valence-electron chi connectivity index (χ3n) is 6.46. The van der Waals surface area contributed by atoms with Crippen molar-refractivity contribution in [1.29, 1.82) is 0 Å². The van der Waals surface area contributed by atoms with Crippen molar-refractivity contribution in [2.75, 3.05) is 31.6 Å². The van der Waals surface area contributed by atoms with Gasteiger partial charge in [-0.05, 0) is 44.2 Å². The quantitative estimate of drug-likeness (QED) is 0.842. The van der Waals surface area contributed by atoms with E-state index in [1.807, 2.05) is 7.05 Å². The zero-order valence-corrected chi connectivity index (χ0v) is 18.2. The Morgan fingerprint density at radius 1 is 1.17 bits per heavy atom. The summed E-state index contributed by atoms with van der Waals surface area (Å²) in [6.07, 6.45) is 1.45. The standard InChI is InChI=1S/C22H33N5O2/c1-14(2)9-12-27-20(28)18-19(24(5)22(27)29)23-21-25(10-6-11-26(18)21)17-8-7-15(3)13-16(17)4/h7-8,13-14,18-19,21,23H,6,9-12H2,1-5H3. The molecule has 3 heterocycles. The number of rotatable bonds is 4. The van der Waals surface area contributed by atoms with Gasteiger partial charge in [0.1, 0.15) is 18.5 Å². The number of anilines is 1. The lowest BCUT2D eigenvalue weighted by atomic mass is 10.1. The van der Waals surface area contributed by atoms with E-state index in [2.05, 4.69) is 61.0 Å². The molecule has 0 aromatic heterocycles. The fourth-order valence-electron chi connectivity index (χ4n) is 4.89. The van der Waals surface area contributed by atoms with E-state index in [-0.39, 0.29) is 30.4 Å². The second kappa shape index (κ2) is 7.61. The first-order valence-corrected chi connectivity index (χ1v) is 10.7. The summed E-state index contributed by atoms with van der Waals surface area (Å²) in [7, 11) is 1.81. The fraction of sp³-hybridized carbons (Fsp3) is 0.636. The number of hydrogen-bond acceptors (Lipinski definition) is 5. The zero-order chi connectivity index (χ0) is 20.9. The normalized spacial score (nSPS) is 27.7. The molecule has 4 rings (SSSR count). The number of urea groups is 1. The van der Waals surface area contributed by atoms with E-state index in [1.54, 1.807) is 4.90 Å². The third-order valence-corrected chi connectivity index (χ3v) is 6.46. The van der Waals surface area contributed by atoms with E-state index < -0.39 is 0 Å². The Balaban J connectivity index is 1.62. The van der Waals surface area contributed by atoms with Crippen LogP contribution in [0.1, 0.15) is 37.8 Å². The summed E-state index contributed by atoms with van der Waals surface area (Å²) in [6, 6.07) is 5.98. The second-order valence-electron chi connectivity index (χ2n) is 9.07. The molecule has 1 aromatic rings. The summed E-state index contributed by atoms with van der Waals surface area (Å²) in [6.45, 7) is 10.7. The van der Waals surface area contributed by atoms with Crippen LogP contribution in [0.5, 0.6) is 0 Å². The highest BCUT2D eigenvalue weighted by Crippen LogP contribution is 2.34. The first-order chi connectivity index (χ1) is 13.8. The number of amides is 3. The van der Waals surface area contributed by atoms with Gasteiger partial charge in [0.2, 0.25) is 0 Å². The predicted octanol–water partition coefficient (Wildman–Crippen LogP) is 2.34. The minimum absolute atomic E-state index is 0.0590. The van der Waals surface area contributed by atoms with Crippen molar-refractivity contribution in [3.8, 4) is 0 Å². The molecule has 158 valence electrons. The largest absolute Gasteiger partial charge is 0.343 e. The average molecular weight is 400 g/mol. The van der Waals surface area contributed by atoms with Crippen molar-refractivity contribution in [2.45, 2.75) is 59.0 Å². The lowest BCUT2D eigenvalue weighted by molar-refractivity contribution is -0.138. The molecule has 0 radical (unpaired) electrons. The maximum Gasteiger partial charge on any atom is 0.327 e. The van der Waals surface area contributed by atoms with Gasteiger partial charge in [0.15, 0.2) is 0 Å². The number of imide groups is 1. The maximum atomic E-state index is 13.4. The highest BCUT2D eigenvalue weighted by atomic mass is 16.2. The van der Waals surface area contributed by atoms with Crippen molar-refractivity contribution >= 4 is 17.6 Å². The molecule has 3 aliphatic rings. The van der Waals surface area contributed by atoms with Gasteiger partial charge in [-0.1, -0.05) is 31.5 Å². The molecule has 0 aliphatic carbocycles. The van der Waals surface area contributed by atoms with Crippen LogP contribution in [0.25, 0.3) is 0 Å². The molecule has 3 saturated heterocycles. The van der Waals surface area contributed by atoms with Crippen LogP contribution in [0.4, 0.5) is 10.5 Å². The molecule has 3 atom stereocenters. The summed E-state index contributed by atoms with van der Waals surface area (Å²) >= 11 is 0. The first-order valence-electron chi connectivity index (χ1n) is 10.7. The minimum Gasteiger partial charge on any atom is -0.343 e. The Morgan fingerprint density at radius 2 is 1.93 bits per heavy atom. The summed E-state index contributed by atoms with van der Waals surface area (Å²) in [4.78, 5) is 34.0. The van der Waals surface area contributed by atoms with Gasteiger partial charge in [-0.2, -0.15) is 0 Å². The number of hydrogen-bond donors (Lipinski definition) is 1. The van der Waals surface area contributed by atoms with Crippen LogP contribution in [0.15, 0.2) is 18.2 Å². The van der Waals surface area contributed by atoms with E-state index in [1.165, 1.54) is 21.7 Å². The van der Waals surface area contributed by atoms with Gasteiger partial charge in [0, 0.05) is 32.4 Å². The van der Waals surface area contributed by atoms with E-state index in [9.17, 15) is 9.59 Å². The maximum absolute atomic E-state index is 13.4. The molecule has 0 bridgehead atoms. The number of likely N-dealkylation sites (N-methyl/N-ethyl adjacent to an activating group) is 1. The number of carbonyl (C=O) groups excluding carboxylic acids is 2. The van der Waals surface area contributed by atoms with E-state index >= 15 is 0 Å². The van der Waals surface area contributed by atoms with E-state index in [0.717, 1.165) is 25.9 Å². The van der Waals surface area contributed by atoms with Crippen LogP contribution >= 0.6 is 0 Å². The molecule has 3 unspecified atom stereocenters. The van der Waals surface area contributed by atoms with Gasteiger partial charge in [-0.3, -0.25) is 19.9 Å². The highest BCUT2D eigenvalue weighted by Gasteiger charge is 2.56. The zero-order valence-electron chi connectivity index (χ0n) is 18.2. The molecule has 1 aromatic carbocycles. The van der Waals surface area contributed by atoms with Gasteiger partial charge in [0.25, 0.3) is 5.91 Å². The van der Waals surface area contributed by atoms with E-state index in [0.29, 0.717) is 12.5 Å². The number of nitrogens with zero attached hydrogens (tertiary/aromatic N) is 4. The number of fused-ring (bicyclic) bond motifs is 3. The van der Waals surface area contributed by atoms with Gasteiger partial charge in [-0.15, -0.1) is 0 Å². The van der Waals surface area contributed by atoms with Crippen LogP contribution in [-0.4, -0.2) is 71.8 Å². The lowest BCUT2D eigenvalue weighted by Gasteiger charge is -2.44. The van der Waals surface area contributed by atoms with Crippen molar-refractivity contribution < 1.29 is 9.59 Å². The number of nitrogens with one attached hydrogen (secondary N) is 1. The Hall–Kier alpha value is -2.12. The Labute approximate surface area is 173 Å². The summed E-state index contributed by atoms with van der Waals surface area (Å²) < 4.78 is 0. The lowest BCUT2D eigenvalue weighted by Crippen LogP contribution is -2.66. The molecular weight excluding hydrogens is 366 g/mol. The third kappa shape index (κ3) is 3.40. The van der Waals surface area contributed by atoms with Gasteiger partial charge < -0.3 is 9.80 Å². The first kappa shape index (κ1) is 20.2. The molecule has 3 aliphatic heterocycles. The Morgan fingerprint density at radius 3 is 2.62 bits per heavy atom. The Bertz CT molecular complexity index is 810. The van der Waals surface area contributed by atoms with Crippen molar-refractivity contribution in [3.63, 3.8) is 0 Å². The molecule has 7 heteroatoms. The SMILES string of the molecule is Cc1ccc(N2CCCN3C4C(=O)N(CCC(C)C)C(=O)N(C)C4NC23)c(C)c1. The molecular formula is C22H33N5O2. The van der Waals surface area contributed by atoms with Gasteiger partial charge in [-0.25, -0.2) is 4.79 Å². The van der Waals surface area contributed by atoms with Crippen molar-refractivity contribution in [3.05, 3.63) is 29.3 Å². The van der Waals surface area contributed by atoms with Gasteiger partial charge >= 0.3 is 6.03 Å². The van der Waals surface area contributed by atoms with Crippen LogP contribution in [0.2, 0.25) is 0 Å². The molecule has 3 fully saturated rings. The van der Waals surface area contributed by atoms with Crippen LogP contribution in [-0.2, 0) is 4.79 Å².